The van der Waals surface area contributed by atoms with Crippen molar-refractivity contribution in [3.63, 3.8) is 0 Å². The van der Waals surface area contributed by atoms with Crippen LogP contribution in [0.25, 0.3) is 0 Å². The Morgan fingerprint density at radius 1 is 1.35 bits per heavy atom. The largest absolute Gasteiger partial charge is 0.308 e. The predicted molar refractivity (Wildman–Crippen MR) is 85.7 cm³/mol. The maximum Gasteiger partial charge on any atom is 0.0479 e. The van der Waals surface area contributed by atoms with Crippen LogP contribution in [0.2, 0.25) is 0 Å². The van der Waals surface area contributed by atoms with Crippen LogP contribution in [0.15, 0.2) is 0 Å². The molecule has 2 heteroatoms. The number of hydrogen-bond acceptors (Lipinski definition) is 1. The summed E-state index contributed by atoms with van der Waals surface area (Å²) >= 11 is 2.39. The highest BCUT2D eigenvalue weighted by Gasteiger charge is 2.29. The van der Waals surface area contributed by atoms with E-state index >= 15 is 0 Å². The van der Waals surface area contributed by atoms with Crippen molar-refractivity contribution in [2.24, 2.45) is 11.3 Å². The Morgan fingerprint density at radius 2 is 2.18 bits per heavy atom. The van der Waals surface area contributed by atoms with E-state index in [2.05, 4.69) is 41.8 Å². The van der Waals surface area contributed by atoms with E-state index < -0.39 is 0 Å². The van der Waals surface area contributed by atoms with Crippen molar-refractivity contribution in [2.45, 2.75) is 71.6 Å². The second-order valence-electron chi connectivity index (χ2n) is 6.15. The second kappa shape index (κ2) is 8.73. The van der Waals surface area contributed by atoms with Crippen molar-refractivity contribution in [1.29, 1.82) is 0 Å². The molecule has 1 unspecified atom stereocenters. The van der Waals surface area contributed by atoms with Crippen molar-refractivity contribution < 1.29 is 0 Å². The van der Waals surface area contributed by atoms with Gasteiger partial charge in [0.05, 0.1) is 0 Å². The van der Waals surface area contributed by atoms with E-state index in [9.17, 15) is 0 Å². The summed E-state index contributed by atoms with van der Waals surface area (Å²) in [5, 5.41) is 3.44. The van der Waals surface area contributed by atoms with Gasteiger partial charge >= 0.3 is 0 Å². The first-order valence-electron chi connectivity index (χ1n) is 7.47. The van der Waals surface area contributed by atoms with E-state index in [1.54, 1.807) is 0 Å². The molecule has 0 bridgehead atoms. The summed E-state index contributed by atoms with van der Waals surface area (Å²) in [6.07, 6.45) is 13.0. The third-order valence-corrected chi connectivity index (χ3v) is 4.88. The molecule has 1 rings (SSSR count). The summed E-state index contributed by atoms with van der Waals surface area (Å²) in [7, 11) is 0. The van der Waals surface area contributed by atoms with Gasteiger partial charge < -0.3 is 5.32 Å². The Kier molecular flexibility index (Phi) is 8.09. The lowest BCUT2D eigenvalue weighted by atomic mass is 9.75. The zero-order valence-corrected chi connectivity index (χ0v) is 13.9. The minimum Gasteiger partial charge on any atom is -0.308 e. The number of hydrogen-bond donors (Lipinski definition) is 1. The van der Waals surface area contributed by atoms with Crippen LogP contribution in [-0.4, -0.2) is 11.1 Å². The standard InChI is InChI=1S/C15H30IN/c1-3-9-15(2)10-5-4-7-14(12-15)8-6-11-17-13-16/h14,17H,3-13H2,1-2H3/t14?,15-/m0/s1. The molecule has 0 aromatic carbocycles. The highest BCUT2D eigenvalue weighted by atomic mass is 127. The van der Waals surface area contributed by atoms with E-state index in [1.165, 1.54) is 64.3 Å². The topological polar surface area (TPSA) is 12.0 Å². The van der Waals surface area contributed by atoms with E-state index in [1.807, 2.05) is 0 Å². The third kappa shape index (κ3) is 6.42. The number of rotatable bonds is 7. The summed E-state index contributed by atoms with van der Waals surface area (Å²) in [6.45, 7) is 6.09. The summed E-state index contributed by atoms with van der Waals surface area (Å²) < 4.78 is 1.09. The van der Waals surface area contributed by atoms with E-state index in [0.717, 1.165) is 10.5 Å². The number of alkyl halides is 1. The van der Waals surface area contributed by atoms with Crippen LogP contribution >= 0.6 is 22.6 Å². The maximum absolute atomic E-state index is 3.44. The second-order valence-corrected chi connectivity index (χ2v) is 6.92. The fourth-order valence-corrected chi connectivity index (χ4v) is 3.93. The Balaban J connectivity index is 2.32. The maximum atomic E-state index is 3.44. The first-order valence-corrected chi connectivity index (χ1v) is 8.99. The zero-order valence-electron chi connectivity index (χ0n) is 11.7. The van der Waals surface area contributed by atoms with Crippen LogP contribution in [0.3, 0.4) is 0 Å². The fourth-order valence-electron chi connectivity index (χ4n) is 3.55. The smallest absolute Gasteiger partial charge is 0.0479 e. The molecule has 0 amide bonds. The Morgan fingerprint density at radius 3 is 2.88 bits per heavy atom. The number of halogens is 1. The van der Waals surface area contributed by atoms with Gasteiger partial charge in [-0.1, -0.05) is 62.1 Å². The van der Waals surface area contributed by atoms with Crippen LogP contribution < -0.4 is 5.32 Å². The molecule has 17 heavy (non-hydrogen) atoms. The van der Waals surface area contributed by atoms with Gasteiger partial charge in [0.1, 0.15) is 0 Å². The van der Waals surface area contributed by atoms with Gasteiger partial charge in [0.25, 0.3) is 0 Å². The van der Waals surface area contributed by atoms with Gasteiger partial charge in [-0.3, -0.25) is 0 Å². The molecule has 1 saturated carbocycles. The molecule has 1 nitrogen and oxygen atoms in total. The van der Waals surface area contributed by atoms with Gasteiger partial charge in [0.2, 0.25) is 0 Å². The van der Waals surface area contributed by atoms with Crippen LogP contribution in [-0.2, 0) is 0 Å². The minimum atomic E-state index is 0.659. The highest BCUT2D eigenvalue weighted by Crippen LogP contribution is 2.42. The molecular weight excluding hydrogens is 321 g/mol. The summed E-state index contributed by atoms with van der Waals surface area (Å²) in [4.78, 5) is 0. The first kappa shape index (κ1) is 15.7. The molecule has 0 aliphatic heterocycles. The Bertz CT molecular complexity index is 195. The minimum absolute atomic E-state index is 0.659. The predicted octanol–water partition coefficient (Wildman–Crippen LogP) is 5.14. The highest BCUT2D eigenvalue weighted by molar-refractivity contribution is 14.1. The van der Waals surface area contributed by atoms with Gasteiger partial charge in [-0.15, -0.1) is 0 Å². The SMILES string of the molecule is CCC[C@@]1(C)CCCCC(CCCNCI)C1. The molecule has 0 spiro atoms. The summed E-state index contributed by atoms with van der Waals surface area (Å²) in [5.74, 6) is 1.00. The van der Waals surface area contributed by atoms with Gasteiger partial charge in [0.15, 0.2) is 0 Å². The summed E-state index contributed by atoms with van der Waals surface area (Å²) in [6, 6.07) is 0. The van der Waals surface area contributed by atoms with Gasteiger partial charge in [0, 0.05) is 4.55 Å². The molecule has 1 aliphatic rings. The van der Waals surface area contributed by atoms with Gasteiger partial charge in [-0.25, -0.2) is 0 Å². The molecule has 1 fully saturated rings. The molecule has 102 valence electrons. The van der Waals surface area contributed by atoms with Crippen molar-refractivity contribution in [3.8, 4) is 0 Å². The van der Waals surface area contributed by atoms with Crippen LogP contribution in [0.5, 0.6) is 0 Å². The average molecular weight is 351 g/mol. The monoisotopic (exact) mass is 351 g/mol. The lowest BCUT2D eigenvalue weighted by Crippen LogP contribution is -2.20. The van der Waals surface area contributed by atoms with Crippen molar-refractivity contribution in [2.75, 3.05) is 11.1 Å². The van der Waals surface area contributed by atoms with Crippen molar-refractivity contribution in [1.82, 2.24) is 5.32 Å². The zero-order chi connectivity index (χ0) is 12.6. The normalized spacial score (nSPS) is 30.2. The molecule has 2 atom stereocenters. The van der Waals surface area contributed by atoms with Crippen molar-refractivity contribution in [3.05, 3.63) is 0 Å². The van der Waals surface area contributed by atoms with E-state index in [4.69, 9.17) is 0 Å². The van der Waals surface area contributed by atoms with Crippen LogP contribution in [0.1, 0.15) is 71.6 Å². The quantitative estimate of drug-likeness (QED) is 0.220. The molecule has 0 aromatic heterocycles. The Hall–Kier alpha value is 0.690. The number of nitrogens with one attached hydrogen (secondary N) is 1. The molecule has 1 aliphatic carbocycles. The van der Waals surface area contributed by atoms with Gasteiger partial charge in [-0.2, -0.15) is 0 Å². The average Bonchev–Trinajstić information content (AvgIpc) is 2.47. The lowest BCUT2D eigenvalue weighted by Gasteiger charge is -2.31. The fraction of sp³-hybridized carbons (Fsp3) is 1.00. The summed E-state index contributed by atoms with van der Waals surface area (Å²) in [5.41, 5.74) is 0.659. The molecule has 0 aromatic rings. The van der Waals surface area contributed by atoms with Crippen molar-refractivity contribution >= 4 is 22.6 Å². The molecule has 0 saturated heterocycles. The van der Waals surface area contributed by atoms with E-state index in [0.29, 0.717) is 5.41 Å². The van der Waals surface area contributed by atoms with E-state index in [-0.39, 0.29) is 0 Å². The van der Waals surface area contributed by atoms with Crippen LogP contribution in [0, 0.1) is 11.3 Å². The molecular formula is C15H30IN. The van der Waals surface area contributed by atoms with Crippen LogP contribution in [0.4, 0.5) is 0 Å². The van der Waals surface area contributed by atoms with Gasteiger partial charge in [-0.05, 0) is 50.0 Å². The lowest BCUT2D eigenvalue weighted by molar-refractivity contribution is 0.210. The molecule has 0 radical (unpaired) electrons. The molecule has 0 heterocycles. The Labute approximate surface area is 122 Å². The molecule has 1 N–H and O–H groups in total. The third-order valence-electron chi connectivity index (χ3n) is 4.34. The first-order chi connectivity index (χ1) is 8.20.